The van der Waals surface area contributed by atoms with Gasteiger partial charge in [0.05, 0.1) is 22.0 Å². The fraction of sp³-hybridized carbons (Fsp3) is 0.0870. The molecule has 1 saturated heterocycles. The molecular weight excluding hydrogens is 415 g/mol. The normalized spacial score (nSPS) is 19.8. The highest BCUT2D eigenvalue weighted by Crippen LogP contribution is 2.39. The van der Waals surface area contributed by atoms with Crippen molar-refractivity contribution in [3.05, 3.63) is 100 Å². The van der Waals surface area contributed by atoms with Crippen LogP contribution in [0.25, 0.3) is 0 Å². The molecule has 2 aliphatic rings. The molecule has 1 fully saturated rings. The van der Waals surface area contributed by atoms with Crippen LogP contribution in [0.2, 0.25) is 0 Å². The second kappa shape index (κ2) is 7.38. The zero-order chi connectivity index (χ0) is 22.4. The molecule has 9 heteroatoms. The lowest BCUT2D eigenvalue weighted by molar-refractivity contribution is -0.384. The van der Waals surface area contributed by atoms with Crippen LogP contribution in [0.4, 0.5) is 21.5 Å². The van der Waals surface area contributed by atoms with Crippen molar-refractivity contribution in [1.29, 1.82) is 0 Å². The third-order valence-corrected chi connectivity index (χ3v) is 5.53. The van der Waals surface area contributed by atoms with Crippen molar-refractivity contribution < 1.29 is 18.9 Å². The van der Waals surface area contributed by atoms with E-state index in [1.54, 1.807) is 24.3 Å². The number of halogens is 1. The summed E-state index contributed by atoms with van der Waals surface area (Å²) < 4.78 is 13.4. The van der Waals surface area contributed by atoms with E-state index >= 15 is 0 Å². The van der Waals surface area contributed by atoms with E-state index in [2.05, 4.69) is 5.10 Å². The van der Waals surface area contributed by atoms with Crippen LogP contribution < -0.4 is 9.91 Å². The third-order valence-electron chi connectivity index (χ3n) is 5.53. The summed E-state index contributed by atoms with van der Waals surface area (Å²) in [5.74, 6) is -2.35. The standard InChI is InChI=1S/C23H15FN4O4/c24-15-8-12-16(13-9-15)26-22(29)19-20(14-6-10-18(11-7-14)28(31)32)25-27(21(19)23(26)30)17-4-2-1-3-5-17/h1-13,19,21H/t19-,21+/m0/s1. The van der Waals surface area contributed by atoms with Gasteiger partial charge in [-0.2, -0.15) is 5.10 Å². The number of non-ortho nitro benzene ring substituents is 1. The summed E-state index contributed by atoms with van der Waals surface area (Å²) in [6, 6.07) is 18.9. The summed E-state index contributed by atoms with van der Waals surface area (Å²) in [5.41, 5.74) is 1.65. The zero-order valence-electron chi connectivity index (χ0n) is 16.5. The van der Waals surface area contributed by atoms with Crippen LogP contribution in [0, 0.1) is 21.8 Å². The first kappa shape index (κ1) is 19.6. The molecule has 3 aromatic rings. The maximum absolute atomic E-state index is 13.4. The Kier molecular flexibility index (Phi) is 4.51. The number of nitrogens with zero attached hydrogens (tertiary/aromatic N) is 4. The second-order valence-electron chi connectivity index (χ2n) is 7.38. The summed E-state index contributed by atoms with van der Waals surface area (Å²) in [6.45, 7) is 0. The van der Waals surface area contributed by atoms with Gasteiger partial charge in [-0.25, -0.2) is 9.29 Å². The van der Waals surface area contributed by atoms with Crippen LogP contribution in [0.1, 0.15) is 5.56 Å². The minimum atomic E-state index is -0.917. The number of rotatable bonds is 4. The molecule has 0 spiro atoms. The van der Waals surface area contributed by atoms with Gasteiger partial charge in [-0.3, -0.25) is 24.7 Å². The summed E-state index contributed by atoms with van der Waals surface area (Å²) in [4.78, 5) is 38.3. The number of anilines is 2. The number of para-hydroxylation sites is 1. The Morgan fingerprint density at radius 1 is 0.844 bits per heavy atom. The Labute approximate surface area is 181 Å². The van der Waals surface area contributed by atoms with Crippen molar-refractivity contribution in [2.75, 3.05) is 9.91 Å². The number of imide groups is 1. The molecule has 0 N–H and O–H groups in total. The Morgan fingerprint density at radius 2 is 1.50 bits per heavy atom. The molecule has 0 unspecified atom stereocenters. The first-order valence-corrected chi connectivity index (χ1v) is 9.76. The highest BCUT2D eigenvalue weighted by atomic mass is 19.1. The molecule has 0 bridgehead atoms. The van der Waals surface area contributed by atoms with Gasteiger partial charge >= 0.3 is 0 Å². The van der Waals surface area contributed by atoms with Gasteiger partial charge in [-0.15, -0.1) is 0 Å². The first-order chi connectivity index (χ1) is 15.5. The first-order valence-electron chi connectivity index (χ1n) is 9.76. The molecule has 0 aromatic heterocycles. The van der Waals surface area contributed by atoms with Gasteiger partial charge in [0.1, 0.15) is 17.8 Å². The van der Waals surface area contributed by atoms with Crippen molar-refractivity contribution in [3.8, 4) is 0 Å². The molecule has 158 valence electrons. The van der Waals surface area contributed by atoms with E-state index in [9.17, 15) is 24.1 Å². The number of nitro benzene ring substituents is 1. The average molecular weight is 430 g/mol. The van der Waals surface area contributed by atoms with E-state index in [-0.39, 0.29) is 11.4 Å². The quantitative estimate of drug-likeness (QED) is 0.359. The van der Waals surface area contributed by atoms with Gasteiger partial charge in [0, 0.05) is 12.1 Å². The lowest BCUT2D eigenvalue weighted by Gasteiger charge is -2.22. The monoisotopic (exact) mass is 430 g/mol. The Morgan fingerprint density at radius 3 is 2.12 bits per heavy atom. The maximum atomic E-state index is 13.4. The predicted octanol–water partition coefficient (Wildman–Crippen LogP) is 3.52. The van der Waals surface area contributed by atoms with Crippen LogP contribution in [-0.2, 0) is 9.59 Å². The molecule has 2 heterocycles. The molecule has 32 heavy (non-hydrogen) atoms. The van der Waals surface area contributed by atoms with E-state index in [0.29, 0.717) is 17.0 Å². The van der Waals surface area contributed by atoms with E-state index in [4.69, 9.17) is 0 Å². The molecular formula is C23H15FN4O4. The lowest BCUT2D eigenvalue weighted by Crippen LogP contribution is -2.39. The lowest BCUT2D eigenvalue weighted by atomic mass is 9.92. The molecule has 2 amide bonds. The number of amides is 2. The van der Waals surface area contributed by atoms with Crippen LogP contribution in [0.3, 0.4) is 0 Å². The Bertz CT molecular complexity index is 1260. The fourth-order valence-electron chi connectivity index (χ4n) is 4.05. The van der Waals surface area contributed by atoms with Crippen LogP contribution in [-0.4, -0.2) is 28.5 Å². The molecule has 5 rings (SSSR count). The zero-order valence-corrected chi connectivity index (χ0v) is 16.5. The molecule has 0 radical (unpaired) electrons. The van der Waals surface area contributed by atoms with Gasteiger partial charge in [0.15, 0.2) is 0 Å². The van der Waals surface area contributed by atoms with Crippen LogP contribution in [0.5, 0.6) is 0 Å². The molecule has 3 aromatic carbocycles. The van der Waals surface area contributed by atoms with Crippen molar-refractivity contribution in [1.82, 2.24) is 0 Å². The maximum Gasteiger partial charge on any atom is 0.269 e. The minimum Gasteiger partial charge on any atom is -0.273 e. The number of nitro groups is 1. The topological polar surface area (TPSA) is 96.1 Å². The number of carbonyl (C=O) groups excluding carboxylic acids is 2. The van der Waals surface area contributed by atoms with Crippen molar-refractivity contribution in [3.63, 3.8) is 0 Å². The smallest absolute Gasteiger partial charge is 0.269 e. The fourth-order valence-corrected chi connectivity index (χ4v) is 4.05. The third kappa shape index (κ3) is 3.02. The van der Waals surface area contributed by atoms with Gasteiger partial charge in [-0.05, 0) is 54.1 Å². The van der Waals surface area contributed by atoms with E-state index in [1.165, 1.54) is 53.5 Å². The Hall–Kier alpha value is -4.40. The highest BCUT2D eigenvalue weighted by molar-refractivity contribution is 6.34. The predicted molar refractivity (Wildman–Crippen MR) is 115 cm³/mol. The molecule has 0 aliphatic carbocycles. The molecule has 8 nitrogen and oxygen atoms in total. The highest BCUT2D eigenvalue weighted by Gasteiger charge is 2.57. The summed E-state index contributed by atoms with van der Waals surface area (Å²) in [7, 11) is 0. The van der Waals surface area contributed by atoms with E-state index in [0.717, 1.165) is 4.90 Å². The molecule has 2 aliphatic heterocycles. The number of hydrazone groups is 1. The summed E-state index contributed by atoms with van der Waals surface area (Å²) >= 11 is 0. The number of hydrogen-bond donors (Lipinski definition) is 0. The summed E-state index contributed by atoms with van der Waals surface area (Å²) in [6.07, 6.45) is 0. The Balaban J connectivity index is 1.61. The van der Waals surface area contributed by atoms with Gasteiger partial charge in [0.2, 0.25) is 5.91 Å². The average Bonchev–Trinajstić information content (AvgIpc) is 3.32. The molecule has 2 atom stereocenters. The SMILES string of the molecule is O=C1[C@H]2C(c3ccc([N+](=O)[O-])cc3)=NN(c3ccccc3)[C@H]2C(=O)N1c1ccc(F)cc1. The number of carbonyl (C=O) groups is 2. The van der Waals surface area contributed by atoms with E-state index < -0.39 is 34.5 Å². The number of hydrogen-bond acceptors (Lipinski definition) is 6. The largest absolute Gasteiger partial charge is 0.273 e. The number of fused-ring (bicyclic) bond motifs is 1. The number of benzene rings is 3. The van der Waals surface area contributed by atoms with Gasteiger partial charge < -0.3 is 0 Å². The van der Waals surface area contributed by atoms with Gasteiger partial charge in [-0.1, -0.05) is 18.2 Å². The summed E-state index contributed by atoms with van der Waals surface area (Å²) in [5, 5.41) is 17.1. The van der Waals surface area contributed by atoms with Crippen molar-refractivity contribution in [2.24, 2.45) is 11.0 Å². The van der Waals surface area contributed by atoms with Crippen LogP contribution >= 0.6 is 0 Å². The minimum absolute atomic E-state index is 0.0921. The van der Waals surface area contributed by atoms with Crippen molar-refractivity contribution in [2.45, 2.75) is 6.04 Å². The second-order valence-corrected chi connectivity index (χ2v) is 7.38. The van der Waals surface area contributed by atoms with Crippen molar-refractivity contribution >= 4 is 34.6 Å². The molecule has 0 saturated carbocycles. The van der Waals surface area contributed by atoms with E-state index in [1.807, 2.05) is 6.07 Å². The van der Waals surface area contributed by atoms with Crippen LogP contribution in [0.15, 0.2) is 84.0 Å². The van der Waals surface area contributed by atoms with Gasteiger partial charge in [0.25, 0.3) is 11.6 Å².